The summed E-state index contributed by atoms with van der Waals surface area (Å²) in [5.41, 5.74) is 0.930. The Morgan fingerprint density at radius 2 is 2.25 bits per heavy atom. The van der Waals surface area contributed by atoms with Crippen LogP contribution < -0.4 is 14.8 Å². The van der Waals surface area contributed by atoms with E-state index in [0.29, 0.717) is 18.8 Å². The van der Waals surface area contributed by atoms with Crippen molar-refractivity contribution in [1.82, 2.24) is 10.2 Å². The summed E-state index contributed by atoms with van der Waals surface area (Å²) in [4.78, 5) is 30.5. The predicted octanol–water partition coefficient (Wildman–Crippen LogP) is 1.13. The second-order valence-electron chi connectivity index (χ2n) is 5.78. The number of hydrogen-bond donors (Lipinski definition) is 1. The van der Waals surface area contributed by atoms with Gasteiger partial charge in [-0.3, -0.25) is 19.5 Å². The number of carbonyl (C=O) groups is 2. The molecule has 3 aliphatic rings. The van der Waals surface area contributed by atoms with Gasteiger partial charge in [0.2, 0.25) is 18.6 Å². The third kappa shape index (κ3) is 2.93. The number of rotatable bonds is 4. The number of amidine groups is 1. The van der Waals surface area contributed by atoms with Gasteiger partial charge in [0.25, 0.3) is 0 Å². The molecule has 0 bridgehead atoms. The Bertz CT molecular complexity index is 721. The average Bonchev–Trinajstić information content (AvgIpc) is 3.18. The Kier molecular flexibility index (Phi) is 4.05. The van der Waals surface area contributed by atoms with Crippen molar-refractivity contribution in [2.75, 3.05) is 19.9 Å². The van der Waals surface area contributed by atoms with Gasteiger partial charge in [-0.05, 0) is 24.1 Å². The Morgan fingerprint density at radius 1 is 1.38 bits per heavy atom. The zero-order valence-electron chi connectivity index (χ0n) is 13.0. The maximum absolute atomic E-state index is 12.3. The van der Waals surface area contributed by atoms with Gasteiger partial charge in [-0.15, -0.1) is 0 Å². The fourth-order valence-electron chi connectivity index (χ4n) is 2.86. The van der Waals surface area contributed by atoms with E-state index in [0.717, 1.165) is 29.4 Å². The molecule has 0 aliphatic carbocycles. The van der Waals surface area contributed by atoms with E-state index < -0.39 is 0 Å². The molecule has 1 N–H and O–H groups in total. The number of nitrogens with zero attached hydrogens (tertiary/aromatic N) is 2. The average molecular weight is 347 g/mol. The highest BCUT2D eigenvalue weighted by molar-refractivity contribution is 8.15. The first-order valence-corrected chi connectivity index (χ1v) is 8.76. The van der Waals surface area contributed by atoms with Crippen LogP contribution in [0.15, 0.2) is 23.2 Å². The van der Waals surface area contributed by atoms with E-state index in [-0.39, 0.29) is 30.3 Å². The van der Waals surface area contributed by atoms with Gasteiger partial charge in [-0.25, -0.2) is 0 Å². The first-order valence-electron chi connectivity index (χ1n) is 7.88. The zero-order chi connectivity index (χ0) is 16.5. The number of thioether (sulfide) groups is 1. The lowest BCUT2D eigenvalue weighted by molar-refractivity contribution is -0.129. The Hall–Kier alpha value is -2.22. The van der Waals surface area contributed by atoms with Crippen LogP contribution in [0.2, 0.25) is 0 Å². The summed E-state index contributed by atoms with van der Waals surface area (Å²) in [5, 5.41) is 3.26. The van der Waals surface area contributed by atoms with Crippen molar-refractivity contribution in [3.63, 3.8) is 0 Å². The number of benzene rings is 1. The molecule has 7 nitrogen and oxygen atoms in total. The van der Waals surface area contributed by atoms with E-state index in [9.17, 15) is 9.59 Å². The number of nitrogens with one attached hydrogen (secondary N) is 1. The number of amides is 2. The van der Waals surface area contributed by atoms with Crippen LogP contribution in [-0.4, -0.2) is 47.0 Å². The molecule has 4 rings (SSSR count). The number of carbonyl (C=O) groups excluding carboxylic acids is 2. The SMILES string of the molecule is O=C(CC1SC2=NCCCN2C1=O)NCc1ccc2c(c1)OCO2. The molecule has 3 aliphatic heterocycles. The Morgan fingerprint density at radius 3 is 3.12 bits per heavy atom. The Balaban J connectivity index is 1.32. The van der Waals surface area contributed by atoms with Gasteiger partial charge in [0, 0.05) is 26.1 Å². The van der Waals surface area contributed by atoms with Crippen molar-refractivity contribution in [3.05, 3.63) is 23.8 Å². The summed E-state index contributed by atoms with van der Waals surface area (Å²) in [5.74, 6) is 1.27. The molecule has 1 fully saturated rings. The summed E-state index contributed by atoms with van der Waals surface area (Å²) in [7, 11) is 0. The first kappa shape index (κ1) is 15.3. The van der Waals surface area contributed by atoms with Crippen molar-refractivity contribution in [2.24, 2.45) is 4.99 Å². The van der Waals surface area contributed by atoms with E-state index in [1.807, 2.05) is 18.2 Å². The largest absolute Gasteiger partial charge is 0.454 e. The molecule has 126 valence electrons. The third-order valence-electron chi connectivity index (χ3n) is 4.10. The van der Waals surface area contributed by atoms with E-state index >= 15 is 0 Å². The lowest BCUT2D eigenvalue weighted by atomic mass is 10.2. The van der Waals surface area contributed by atoms with Crippen LogP contribution in [0.1, 0.15) is 18.4 Å². The number of ether oxygens (including phenoxy) is 2. The molecular formula is C16H17N3O4S. The maximum atomic E-state index is 12.3. The maximum Gasteiger partial charge on any atom is 0.242 e. The molecule has 1 atom stereocenters. The minimum absolute atomic E-state index is 0.00307. The summed E-state index contributed by atoms with van der Waals surface area (Å²) in [6.45, 7) is 2.09. The van der Waals surface area contributed by atoms with Gasteiger partial charge in [-0.2, -0.15) is 0 Å². The van der Waals surface area contributed by atoms with Crippen molar-refractivity contribution in [1.29, 1.82) is 0 Å². The summed E-state index contributed by atoms with van der Waals surface area (Å²) in [6, 6.07) is 5.57. The van der Waals surface area contributed by atoms with E-state index in [1.165, 1.54) is 11.8 Å². The zero-order valence-corrected chi connectivity index (χ0v) is 13.8. The number of aliphatic imine (C=N–C) groups is 1. The molecule has 1 saturated heterocycles. The van der Waals surface area contributed by atoms with Crippen molar-refractivity contribution < 1.29 is 19.1 Å². The van der Waals surface area contributed by atoms with Crippen LogP contribution in [-0.2, 0) is 16.1 Å². The second-order valence-corrected chi connectivity index (χ2v) is 6.95. The molecule has 2 amide bonds. The van der Waals surface area contributed by atoms with Crippen LogP contribution in [0.5, 0.6) is 11.5 Å². The van der Waals surface area contributed by atoms with Crippen molar-refractivity contribution >= 4 is 28.7 Å². The molecule has 24 heavy (non-hydrogen) atoms. The lowest BCUT2D eigenvalue weighted by Crippen LogP contribution is -2.37. The quantitative estimate of drug-likeness (QED) is 0.883. The number of hydrogen-bond acceptors (Lipinski definition) is 6. The van der Waals surface area contributed by atoms with Crippen LogP contribution in [0.3, 0.4) is 0 Å². The van der Waals surface area contributed by atoms with Crippen molar-refractivity contribution in [2.45, 2.75) is 24.6 Å². The van der Waals surface area contributed by atoms with Gasteiger partial charge < -0.3 is 14.8 Å². The van der Waals surface area contributed by atoms with Gasteiger partial charge in [0.05, 0.1) is 0 Å². The molecule has 0 aromatic heterocycles. The topological polar surface area (TPSA) is 80.2 Å². The van der Waals surface area contributed by atoms with Crippen LogP contribution >= 0.6 is 11.8 Å². The van der Waals surface area contributed by atoms with Gasteiger partial charge in [0.1, 0.15) is 5.25 Å². The molecule has 1 aromatic carbocycles. The normalized spacial score (nSPS) is 21.5. The van der Waals surface area contributed by atoms with E-state index in [2.05, 4.69) is 10.3 Å². The summed E-state index contributed by atoms with van der Waals surface area (Å²) >= 11 is 1.40. The molecule has 8 heteroatoms. The minimum Gasteiger partial charge on any atom is -0.454 e. The standard InChI is InChI=1S/C16H17N3O4S/c20-14(7-13-15(21)19-5-1-4-17-16(19)24-13)18-8-10-2-3-11-12(6-10)23-9-22-11/h2-3,6,13H,1,4-5,7-9H2,(H,18,20). The fourth-order valence-corrected chi connectivity index (χ4v) is 4.05. The molecular weight excluding hydrogens is 330 g/mol. The number of fused-ring (bicyclic) bond motifs is 2. The Labute approximate surface area is 143 Å². The first-order chi connectivity index (χ1) is 11.7. The minimum atomic E-state index is -0.362. The molecule has 0 spiro atoms. The second kappa shape index (κ2) is 6.35. The molecule has 0 saturated carbocycles. The smallest absolute Gasteiger partial charge is 0.242 e. The van der Waals surface area contributed by atoms with E-state index in [4.69, 9.17) is 9.47 Å². The predicted molar refractivity (Wildman–Crippen MR) is 89.0 cm³/mol. The monoisotopic (exact) mass is 347 g/mol. The third-order valence-corrected chi connectivity index (χ3v) is 5.32. The van der Waals surface area contributed by atoms with E-state index in [1.54, 1.807) is 4.90 Å². The van der Waals surface area contributed by atoms with Gasteiger partial charge in [0.15, 0.2) is 16.7 Å². The van der Waals surface area contributed by atoms with Crippen LogP contribution in [0.4, 0.5) is 0 Å². The van der Waals surface area contributed by atoms with Crippen molar-refractivity contribution in [3.8, 4) is 11.5 Å². The molecule has 1 unspecified atom stereocenters. The highest BCUT2D eigenvalue weighted by atomic mass is 32.2. The fraction of sp³-hybridized carbons (Fsp3) is 0.438. The molecule has 3 heterocycles. The van der Waals surface area contributed by atoms with Gasteiger partial charge in [-0.1, -0.05) is 17.8 Å². The summed E-state index contributed by atoms with van der Waals surface area (Å²) < 4.78 is 10.6. The van der Waals surface area contributed by atoms with Crippen LogP contribution in [0, 0.1) is 0 Å². The molecule has 1 aromatic rings. The highest BCUT2D eigenvalue weighted by Crippen LogP contribution is 2.33. The van der Waals surface area contributed by atoms with Gasteiger partial charge >= 0.3 is 0 Å². The lowest BCUT2D eigenvalue weighted by Gasteiger charge is -2.19. The summed E-state index contributed by atoms with van der Waals surface area (Å²) in [6.07, 6.45) is 1.06. The van der Waals surface area contributed by atoms with Crippen LogP contribution in [0.25, 0.3) is 0 Å². The highest BCUT2D eigenvalue weighted by Gasteiger charge is 2.39. The molecule has 0 radical (unpaired) electrons.